The summed E-state index contributed by atoms with van der Waals surface area (Å²) in [5.74, 6) is -0.268. The summed E-state index contributed by atoms with van der Waals surface area (Å²) in [4.78, 5) is 28.6. The standard InChI is InChI=1S/C24H21N3O3/c28-23(17-7-2-1-3-8-17)27-22(16-20-10-6-14-30-20)24(29)25-13-12-19-15-18-9-4-5-11-21(18)26-19/h1-11,14-16,26H,12-13H2,(H,25,29)(H,27,28)/b22-16-. The van der Waals surface area contributed by atoms with Gasteiger partial charge in [-0.15, -0.1) is 0 Å². The molecule has 0 atom stereocenters. The van der Waals surface area contributed by atoms with E-state index in [9.17, 15) is 9.59 Å². The van der Waals surface area contributed by atoms with E-state index in [4.69, 9.17) is 4.42 Å². The summed E-state index contributed by atoms with van der Waals surface area (Å²) < 4.78 is 5.30. The van der Waals surface area contributed by atoms with Crippen molar-refractivity contribution >= 4 is 28.8 Å². The third-order valence-electron chi connectivity index (χ3n) is 4.62. The number of benzene rings is 2. The monoisotopic (exact) mass is 399 g/mol. The zero-order chi connectivity index (χ0) is 20.8. The molecule has 0 aliphatic heterocycles. The highest BCUT2D eigenvalue weighted by molar-refractivity contribution is 6.05. The number of nitrogens with one attached hydrogen (secondary N) is 3. The van der Waals surface area contributed by atoms with Gasteiger partial charge in [0.2, 0.25) is 0 Å². The Morgan fingerprint density at radius 1 is 0.967 bits per heavy atom. The molecule has 30 heavy (non-hydrogen) atoms. The first kappa shape index (κ1) is 19.3. The van der Waals surface area contributed by atoms with Crippen LogP contribution in [0.4, 0.5) is 0 Å². The highest BCUT2D eigenvalue weighted by atomic mass is 16.3. The molecule has 0 aliphatic rings. The average molecular weight is 399 g/mol. The van der Waals surface area contributed by atoms with Gasteiger partial charge in [-0.2, -0.15) is 0 Å². The van der Waals surface area contributed by atoms with E-state index in [-0.39, 0.29) is 17.5 Å². The summed E-state index contributed by atoms with van der Waals surface area (Å²) in [5.41, 5.74) is 2.68. The minimum atomic E-state index is -0.383. The Labute approximate surface area is 173 Å². The summed E-state index contributed by atoms with van der Waals surface area (Å²) in [7, 11) is 0. The smallest absolute Gasteiger partial charge is 0.267 e. The predicted octanol–water partition coefficient (Wildman–Crippen LogP) is 3.89. The minimum Gasteiger partial charge on any atom is -0.465 e. The van der Waals surface area contributed by atoms with Gasteiger partial charge in [0, 0.05) is 35.8 Å². The minimum absolute atomic E-state index is 0.121. The first-order valence-corrected chi connectivity index (χ1v) is 9.65. The lowest BCUT2D eigenvalue weighted by Crippen LogP contribution is -2.35. The number of H-pyrrole nitrogens is 1. The molecule has 4 aromatic rings. The lowest BCUT2D eigenvalue weighted by Gasteiger charge is -2.10. The van der Waals surface area contributed by atoms with E-state index in [0.717, 1.165) is 16.6 Å². The number of carbonyl (C=O) groups is 2. The number of para-hydroxylation sites is 1. The summed E-state index contributed by atoms with van der Waals surface area (Å²) in [6.07, 6.45) is 3.66. The molecule has 2 aromatic carbocycles. The Bertz CT molecular complexity index is 1140. The maximum Gasteiger partial charge on any atom is 0.267 e. The van der Waals surface area contributed by atoms with Gasteiger partial charge in [0.05, 0.1) is 6.26 Å². The molecule has 0 fully saturated rings. The molecule has 2 amide bonds. The summed E-state index contributed by atoms with van der Waals surface area (Å²) >= 11 is 0. The summed E-state index contributed by atoms with van der Waals surface area (Å²) in [6, 6.07) is 22.3. The molecule has 2 aromatic heterocycles. The molecule has 3 N–H and O–H groups in total. The van der Waals surface area contributed by atoms with E-state index >= 15 is 0 Å². The summed E-state index contributed by atoms with van der Waals surface area (Å²) in [5, 5.41) is 6.68. The van der Waals surface area contributed by atoms with Gasteiger partial charge >= 0.3 is 0 Å². The van der Waals surface area contributed by atoms with Crippen LogP contribution >= 0.6 is 0 Å². The molecule has 0 bridgehead atoms. The molecule has 0 spiro atoms. The molecule has 6 heteroatoms. The van der Waals surface area contributed by atoms with Crippen LogP contribution in [0.2, 0.25) is 0 Å². The van der Waals surface area contributed by atoms with Gasteiger partial charge in [0.1, 0.15) is 11.5 Å². The zero-order valence-corrected chi connectivity index (χ0v) is 16.2. The number of fused-ring (bicyclic) bond motifs is 1. The number of carbonyl (C=O) groups excluding carboxylic acids is 2. The molecule has 0 saturated heterocycles. The van der Waals surface area contributed by atoms with Gasteiger partial charge in [-0.3, -0.25) is 9.59 Å². The first-order valence-electron chi connectivity index (χ1n) is 9.65. The van der Waals surface area contributed by atoms with E-state index in [1.54, 1.807) is 36.4 Å². The van der Waals surface area contributed by atoms with Crippen molar-refractivity contribution in [2.75, 3.05) is 6.54 Å². The van der Waals surface area contributed by atoms with Crippen molar-refractivity contribution in [1.82, 2.24) is 15.6 Å². The number of amides is 2. The van der Waals surface area contributed by atoms with E-state index in [1.807, 2.05) is 30.3 Å². The van der Waals surface area contributed by atoms with Crippen LogP contribution in [0.5, 0.6) is 0 Å². The van der Waals surface area contributed by atoms with Crippen LogP contribution in [0, 0.1) is 0 Å². The van der Waals surface area contributed by atoms with Crippen LogP contribution in [0.3, 0.4) is 0 Å². The van der Waals surface area contributed by atoms with Crippen molar-refractivity contribution < 1.29 is 14.0 Å². The van der Waals surface area contributed by atoms with Crippen molar-refractivity contribution in [2.45, 2.75) is 6.42 Å². The maximum absolute atomic E-state index is 12.8. The normalized spacial score (nSPS) is 11.4. The largest absolute Gasteiger partial charge is 0.465 e. The molecule has 150 valence electrons. The fourth-order valence-electron chi connectivity index (χ4n) is 3.13. The fraction of sp³-hybridized carbons (Fsp3) is 0.0833. The van der Waals surface area contributed by atoms with Crippen LogP contribution < -0.4 is 10.6 Å². The first-order chi connectivity index (χ1) is 14.7. The second-order valence-corrected chi connectivity index (χ2v) is 6.78. The van der Waals surface area contributed by atoms with Crippen molar-refractivity contribution in [2.24, 2.45) is 0 Å². The number of aromatic nitrogens is 1. The van der Waals surface area contributed by atoms with Gasteiger partial charge in [-0.25, -0.2) is 0 Å². The number of furan rings is 1. The topological polar surface area (TPSA) is 87.1 Å². The van der Waals surface area contributed by atoms with E-state index in [1.165, 1.54) is 12.3 Å². The molecule has 6 nitrogen and oxygen atoms in total. The third-order valence-corrected chi connectivity index (χ3v) is 4.62. The van der Waals surface area contributed by atoms with Gasteiger partial charge in [-0.05, 0) is 41.8 Å². The van der Waals surface area contributed by atoms with Gasteiger partial charge in [-0.1, -0.05) is 36.4 Å². The molecular weight excluding hydrogens is 378 g/mol. The highest BCUT2D eigenvalue weighted by Gasteiger charge is 2.15. The van der Waals surface area contributed by atoms with E-state index < -0.39 is 0 Å². The molecule has 0 radical (unpaired) electrons. The summed E-state index contributed by atoms with van der Waals surface area (Å²) in [6.45, 7) is 0.419. The Morgan fingerprint density at radius 2 is 1.77 bits per heavy atom. The second kappa shape index (κ2) is 8.96. The van der Waals surface area contributed by atoms with Gasteiger partial charge in [0.25, 0.3) is 11.8 Å². The van der Waals surface area contributed by atoms with E-state index in [2.05, 4.69) is 21.7 Å². The Morgan fingerprint density at radius 3 is 2.53 bits per heavy atom. The average Bonchev–Trinajstić information content (AvgIpc) is 3.43. The van der Waals surface area contributed by atoms with Crippen LogP contribution in [-0.2, 0) is 11.2 Å². The predicted molar refractivity (Wildman–Crippen MR) is 116 cm³/mol. The van der Waals surface area contributed by atoms with Crippen LogP contribution in [0.1, 0.15) is 21.8 Å². The van der Waals surface area contributed by atoms with Crippen molar-refractivity contribution in [3.63, 3.8) is 0 Å². The Hall–Kier alpha value is -4.06. The lowest BCUT2D eigenvalue weighted by molar-refractivity contribution is -0.117. The molecule has 0 unspecified atom stereocenters. The second-order valence-electron chi connectivity index (χ2n) is 6.78. The molecule has 0 aliphatic carbocycles. The lowest BCUT2D eigenvalue weighted by atomic mass is 10.2. The maximum atomic E-state index is 12.8. The quantitative estimate of drug-likeness (QED) is 0.412. The highest BCUT2D eigenvalue weighted by Crippen LogP contribution is 2.14. The van der Waals surface area contributed by atoms with Crippen molar-refractivity contribution in [1.29, 1.82) is 0 Å². The van der Waals surface area contributed by atoms with Crippen molar-refractivity contribution in [3.8, 4) is 0 Å². The van der Waals surface area contributed by atoms with Crippen LogP contribution in [0.25, 0.3) is 17.0 Å². The fourth-order valence-corrected chi connectivity index (χ4v) is 3.13. The Kier molecular flexibility index (Phi) is 5.75. The third kappa shape index (κ3) is 4.67. The molecule has 0 saturated carbocycles. The number of hydrogen-bond donors (Lipinski definition) is 3. The van der Waals surface area contributed by atoms with Gasteiger partial charge in [0.15, 0.2) is 0 Å². The van der Waals surface area contributed by atoms with Crippen LogP contribution in [-0.4, -0.2) is 23.3 Å². The van der Waals surface area contributed by atoms with Crippen molar-refractivity contribution in [3.05, 3.63) is 102 Å². The van der Waals surface area contributed by atoms with Crippen LogP contribution in [0.15, 0.2) is 89.2 Å². The number of rotatable bonds is 7. The number of hydrogen-bond acceptors (Lipinski definition) is 3. The zero-order valence-electron chi connectivity index (χ0n) is 16.2. The van der Waals surface area contributed by atoms with E-state index in [0.29, 0.717) is 24.3 Å². The molecular formula is C24H21N3O3. The SMILES string of the molecule is O=C(NCCc1cc2ccccc2[nH]1)/C(=C/c1ccco1)NC(=O)c1ccccc1. The molecule has 4 rings (SSSR count). The van der Waals surface area contributed by atoms with Gasteiger partial charge < -0.3 is 20.0 Å². The molecule has 2 heterocycles. The number of aromatic amines is 1. The Balaban J connectivity index is 1.43.